The van der Waals surface area contributed by atoms with E-state index in [4.69, 9.17) is 34.0 Å². The highest BCUT2D eigenvalue weighted by molar-refractivity contribution is 6.36. The first-order chi connectivity index (χ1) is 13.0. The molecule has 1 aromatic carbocycles. The van der Waals surface area contributed by atoms with Gasteiger partial charge in [0.05, 0.1) is 27.0 Å². The Labute approximate surface area is 168 Å². The zero-order chi connectivity index (χ0) is 19.6. The fourth-order valence-electron chi connectivity index (χ4n) is 2.93. The Morgan fingerprint density at radius 2 is 2.19 bits per heavy atom. The lowest BCUT2D eigenvalue weighted by molar-refractivity contribution is 0.0967. The minimum Gasteiger partial charge on any atom is -0.403 e. The van der Waals surface area contributed by atoms with E-state index in [1.54, 1.807) is 6.07 Å². The van der Waals surface area contributed by atoms with E-state index in [0.717, 1.165) is 29.6 Å². The van der Waals surface area contributed by atoms with Gasteiger partial charge in [0, 0.05) is 23.7 Å². The topological polar surface area (TPSA) is 72.9 Å². The number of nitrogens with one attached hydrogen (secondary N) is 1. The molecule has 0 aliphatic heterocycles. The minimum atomic E-state index is -0.330. The summed E-state index contributed by atoms with van der Waals surface area (Å²) in [7, 11) is 0. The maximum absolute atomic E-state index is 12.8. The van der Waals surface area contributed by atoms with Crippen molar-refractivity contribution in [3.8, 4) is 0 Å². The van der Waals surface area contributed by atoms with Crippen LogP contribution >= 0.6 is 23.2 Å². The average Bonchev–Trinajstić information content (AvgIpc) is 3.44. The Morgan fingerprint density at radius 1 is 1.44 bits per heavy atom. The highest BCUT2D eigenvalue weighted by atomic mass is 35.5. The number of aromatic nitrogens is 2. The van der Waals surface area contributed by atoms with Crippen molar-refractivity contribution in [1.82, 2.24) is 15.1 Å². The predicted molar refractivity (Wildman–Crippen MR) is 111 cm³/mol. The molecule has 0 spiro atoms. The smallest absolute Gasteiger partial charge is 0.255 e. The summed E-state index contributed by atoms with van der Waals surface area (Å²) in [5.74, 6) is 0.355. The second-order valence-corrected chi connectivity index (χ2v) is 7.37. The molecule has 1 aromatic heterocycles. The second kappa shape index (κ2) is 8.19. The van der Waals surface area contributed by atoms with Gasteiger partial charge in [-0.3, -0.25) is 9.48 Å². The molecular weight excluding hydrogens is 383 g/mol. The molecule has 1 heterocycles. The average molecular weight is 405 g/mol. The van der Waals surface area contributed by atoms with Crippen molar-refractivity contribution in [3.05, 3.63) is 64.1 Å². The van der Waals surface area contributed by atoms with Gasteiger partial charge in [-0.1, -0.05) is 42.8 Å². The normalized spacial score (nSPS) is 15.6. The predicted octanol–water partition coefficient (Wildman–Crippen LogP) is 4.41. The Kier molecular flexibility index (Phi) is 5.92. The number of fused-ring (bicyclic) bond motifs is 1. The van der Waals surface area contributed by atoms with Crippen LogP contribution < -0.4 is 11.1 Å². The van der Waals surface area contributed by atoms with Crippen molar-refractivity contribution < 1.29 is 4.79 Å². The van der Waals surface area contributed by atoms with Crippen LogP contribution in [0.4, 0.5) is 0 Å². The Morgan fingerprint density at radius 3 is 2.78 bits per heavy atom. The summed E-state index contributed by atoms with van der Waals surface area (Å²) >= 11 is 12.2. The summed E-state index contributed by atoms with van der Waals surface area (Å²) in [5, 5.41) is 8.88. The van der Waals surface area contributed by atoms with E-state index in [9.17, 15) is 4.79 Å². The number of rotatable bonds is 7. The molecule has 3 rings (SSSR count). The number of nitrogens with two attached hydrogens (primary N) is 1. The number of carbonyl (C=O) groups excluding carboxylic acids is 1. The maximum atomic E-state index is 12.8. The van der Waals surface area contributed by atoms with Gasteiger partial charge in [-0.05, 0) is 43.4 Å². The summed E-state index contributed by atoms with van der Waals surface area (Å²) in [6, 6.07) is 5.58. The monoisotopic (exact) mass is 404 g/mol. The molecule has 1 aliphatic carbocycles. The largest absolute Gasteiger partial charge is 0.403 e. The maximum Gasteiger partial charge on any atom is 0.255 e. The molecule has 1 saturated carbocycles. The molecule has 3 N–H and O–H groups in total. The zero-order valence-electron chi connectivity index (χ0n) is 15.1. The minimum absolute atomic E-state index is 0.140. The molecule has 1 fully saturated rings. The van der Waals surface area contributed by atoms with E-state index >= 15 is 0 Å². The number of benzene rings is 1. The molecule has 5 nitrogen and oxygen atoms in total. The van der Waals surface area contributed by atoms with Crippen LogP contribution in [0.5, 0.6) is 0 Å². The molecule has 0 atom stereocenters. The quantitative estimate of drug-likeness (QED) is 0.670. The Bertz CT molecular complexity index is 954. The van der Waals surface area contributed by atoms with Crippen molar-refractivity contribution in [1.29, 1.82) is 0 Å². The van der Waals surface area contributed by atoms with Crippen LogP contribution in [0.15, 0.2) is 52.8 Å². The lowest BCUT2D eigenvalue weighted by Crippen LogP contribution is -2.24. The van der Waals surface area contributed by atoms with Crippen LogP contribution in [0.1, 0.15) is 35.8 Å². The molecular formula is C20H22Cl2N4O. The number of hydrogen-bond donors (Lipinski definition) is 2. The van der Waals surface area contributed by atoms with Gasteiger partial charge in [-0.25, -0.2) is 0 Å². The molecule has 1 aliphatic rings. The van der Waals surface area contributed by atoms with Gasteiger partial charge in [-0.2, -0.15) is 5.10 Å². The lowest BCUT2D eigenvalue weighted by Gasteiger charge is -2.11. The van der Waals surface area contributed by atoms with Crippen LogP contribution in [-0.4, -0.2) is 15.7 Å². The van der Waals surface area contributed by atoms with E-state index in [2.05, 4.69) is 18.8 Å². The van der Waals surface area contributed by atoms with Crippen LogP contribution in [0.3, 0.4) is 0 Å². The fourth-order valence-corrected chi connectivity index (χ4v) is 3.28. The standard InChI is InChI=1S/C20H22Cl2N4O/c1-3-15(21)19(16(22)10-23)24-20(27)13-7-8-14-17(4-2)25-26(18(14)9-13)11-12-5-6-12/h3,7-10,12H,1,4-6,11,23H2,2H3,(H,24,27)/b16-10+,19-15-. The van der Waals surface area contributed by atoms with Crippen LogP contribution in [0.25, 0.3) is 10.9 Å². The Balaban J connectivity index is 1.96. The Hall–Kier alpha value is -2.24. The van der Waals surface area contributed by atoms with Gasteiger partial charge in [0.25, 0.3) is 5.91 Å². The molecule has 0 bridgehead atoms. The van der Waals surface area contributed by atoms with E-state index < -0.39 is 0 Å². The molecule has 142 valence electrons. The lowest BCUT2D eigenvalue weighted by atomic mass is 10.1. The first kappa shape index (κ1) is 19.5. The fraction of sp³-hybridized carbons (Fsp3) is 0.300. The number of hydrogen-bond acceptors (Lipinski definition) is 3. The number of nitrogens with zero attached hydrogens (tertiary/aromatic N) is 2. The molecule has 2 aromatic rings. The van der Waals surface area contributed by atoms with Crippen molar-refractivity contribution in [2.24, 2.45) is 11.7 Å². The van der Waals surface area contributed by atoms with Crippen LogP contribution in [-0.2, 0) is 13.0 Å². The summed E-state index contributed by atoms with van der Waals surface area (Å²) in [5.41, 5.74) is 8.19. The molecule has 0 radical (unpaired) electrons. The van der Waals surface area contributed by atoms with Gasteiger partial charge in [0.1, 0.15) is 0 Å². The van der Waals surface area contributed by atoms with Gasteiger partial charge in [0.2, 0.25) is 0 Å². The number of halogens is 2. The molecule has 0 saturated heterocycles. The molecule has 27 heavy (non-hydrogen) atoms. The van der Waals surface area contributed by atoms with E-state index in [0.29, 0.717) is 11.5 Å². The van der Waals surface area contributed by atoms with Crippen LogP contribution in [0.2, 0.25) is 0 Å². The number of carbonyl (C=O) groups is 1. The summed E-state index contributed by atoms with van der Waals surface area (Å²) < 4.78 is 2.02. The van der Waals surface area contributed by atoms with Crippen molar-refractivity contribution >= 4 is 40.0 Å². The van der Waals surface area contributed by atoms with E-state index in [-0.39, 0.29) is 21.7 Å². The third-order valence-electron chi connectivity index (χ3n) is 4.60. The number of aryl methyl sites for hydroxylation is 1. The summed E-state index contributed by atoms with van der Waals surface area (Å²) in [4.78, 5) is 12.8. The number of amides is 1. The summed E-state index contributed by atoms with van der Waals surface area (Å²) in [6.45, 7) is 6.57. The first-order valence-electron chi connectivity index (χ1n) is 8.89. The second-order valence-electron chi connectivity index (χ2n) is 6.55. The first-order valence-corrected chi connectivity index (χ1v) is 9.64. The van der Waals surface area contributed by atoms with E-state index in [1.165, 1.54) is 25.1 Å². The zero-order valence-corrected chi connectivity index (χ0v) is 16.6. The van der Waals surface area contributed by atoms with E-state index in [1.807, 2.05) is 16.8 Å². The molecule has 1 amide bonds. The summed E-state index contributed by atoms with van der Waals surface area (Å²) in [6.07, 6.45) is 5.88. The van der Waals surface area contributed by atoms with Crippen molar-refractivity contribution in [2.75, 3.05) is 0 Å². The van der Waals surface area contributed by atoms with Gasteiger partial charge in [-0.15, -0.1) is 0 Å². The van der Waals surface area contributed by atoms with Crippen molar-refractivity contribution in [2.45, 2.75) is 32.7 Å². The number of allylic oxidation sites excluding steroid dienone is 3. The molecule has 0 unspecified atom stereocenters. The van der Waals surface area contributed by atoms with Crippen molar-refractivity contribution in [3.63, 3.8) is 0 Å². The van der Waals surface area contributed by atoms with Gasteiger partial charge < -0.3 is 11.1 Å². The highest BCUT2D eigenvalue weighted by Gasteiger charge is 2.24. The van der Waals surface area contributed by atoms with Gasteiger partial charge >= 0.3 is 0 Å². The SMILES string of the molecule is C=C/C(Cl)=C(NC(=O)c1ccc2c(CC)nn(CC3CC3)c2c1)\C(Cl)=C/N. The third-order valence-corrected chi connectivity index (χ3v) is 5.25. The highest BCUT2D eigenvalue weighted by Crippen LogP contribution is 2.32. The van der Waals surface area contributed by atoms with Gasteiger partial charge in [0.15, 0.2) is 0 Å². The van der Waals surface area contributed by atoms with Crippen LogP contribution in [0, 0.1) is 5.92 Å². The third kappa shape index (κ3) is 4.20. The molecule has 7 heteroatoms.